The zero-order valence-corrected chi connectivity index (χ0v) is 14.0. The minimum Gasteiger partial charge on any atom is -0.491 e. The van der Waals surface area contributed by atoms with E-state index in [0.29, 0.717) is 44.3 Å². The maximum absolute atomic E-state index is 11.4. The Morgan fingerprint density at radius 3 is 2.40 bits per heavy atom. The van der Waals surface area contributed by atoms with Gasteiger partial charge < -0.3 is 24.1 Å². The lowest BCUT2D eigenvalue weighted by atomic mass is 10.2. The van der Waals surface area contributed by atoms with Crippen LogP contribution in [0.3, 0.4) is 0 Å². The second-order valence-electron chi connectivity index (χ2n) is 4.58. The van der Waals surface area contributed by atoms with Gasteiger partial charge >= 0.3 is 5.97 Å². The number of esters is 1. The molecule has 0 bridgehead atoms. The molecule has 25 heavy (non-hydrogen) atoms. The van der Waals surface area contributed by atoms with Crippen LogP contribution in [0.1, 0.15) is 5.56 Å². The summed E-state index contributed by atoms with van der Waals surface area (Å²) in [5.74, 6) is -0.0704. The highest BCUT2D eigenvalue weighted by Crippen LogP contribution is 2.15. The lowest BCUT2D eigenvalue weighted by Crippen LogP contribution is -2.11. The van der Waals surface area contributed by atoms with E-state index in [4.69, 9.17) is 24.8 Å². The first kappa shape index (κ1) is 20.5. The molecule has 0 aliphatic heterocycles. The summed E-state index contributed by atoms with van der Waals surface area (Å²) in [6.07, 6.45) is 1.42. The molecule has 1 N–H and O–H groups in total. The summed E-state index contributed by atoms with van der Waals surface area (Å²) in [6.45, 7) is 1.95. The molecule has 0 aliphatic rings. The predicted octanol–water partition coefficient (Wildman–Crippen LogP) is 1.92. The molecule has 0 amide bonds. The molecule has 0 fully saturated rings. The Kier molecular flexibility index (Phi) is 10.5. The SMILES string of the molecule is COC(=O)C(=Cc1ccc(OCCOCCOCCO)cc1)N=[N+]=[N-]. The number of methoxy groups -OCH3 is 1. The molecule has 0 radical (unpaired) electrons. The summed E-state index contributed by atoms with van der Waals surface area (Å²) >= 11 is 0. The zero-order chi connectivity index (χ0) is 18.3. The van der Waals surface area contributed by atoms with E-state index in [1.54, 1.807) is 24.3 Å². The van der Waals surface area contributed by atoms with Crippen LogP contribution in [0.5, 0.6) is 5.75 Å². The van der Waals surface area contributed by atoms with E-state index in [1.807, 2.05) is 0 Å². The molecule has 136 valence electrons. The number of azide groups is 1. The minimum absolute atomic E-state index is 0.00171. The van der Waals surface area contributed by atoms with Crippen molar-refractivity contribution in [3.8, 4) is 5.75 Å². The zero-order valence-electron chi connectivity index (χ0n) is 14.0. The van der Waals surface area contributed by atoms with Gasteiger partial charge in [-0.15, -0.1) is 0 Å². The number of rotatable bonds is 12. The predicted molar refractivity (Wildman–Crippen MR) is 89.8 cm³/mol. The first-order valence-corrected chi connectivity index (χ1v) is 7.55. The highest BCUT2D eigenvalue weighted by atomic mass is 16.5. The number of nitrogens with zero attached hydrogens (tertiary/aromatic N) is 3. The van der Waals surface area contributed by atoms with Crippen LogP contribution in [0.25, 0.3) is 16.5 Å². The van der Waals surface area contributed by atoms with Gasteiger partial charge in [-0.05, 0) is 29.3 Å². The van der Waals surface area contributed by atoms with Crippen molar-refractivity contribution in [1.82, 2.24) is 0 Å². The molecule has 0 aliphatic carbocycles. The number of aliphatic hydroxyl groups excluding tert-OH is 1. The third kappa shape index (κ3) is 8.73. The van der Waals surface area contributed by atoms with Gasteiger partial charge in [0.15, 0.2) is 0 Å². The molecule has 9 nitrogen and oxygen atoms in total. The Bertz CT molecular complexity index is 596. The monoisotopic (exact) mass is 351 g/mol. The van der Waals surface area contributed by atoms with Crippen molar-refractivity contribution in [1.29, 1.82) is 0 Å². The quantitative estimate of drug-likeness (QED) is 0.153. The fourth-order valence-corrected chi connectivity index (χ4v) is 1.70. The number of carbonyl (C=O) groups is 1. The Morgan fingerprint density at radius 1 is 1.16 bits per heavy atom. The van der Waals surface area contributed by atoms with Crippen molar-refractivity contribution in [2.24, 2.45) is 5.11 Å². The molecule has 1 aromatic carbocycles. The number of hydrogen-bond acceptors (Lipinski definition) is 7. The van der Waals surface area contributed by atoms with Crippen LogP contribution >= 0.6 is 0 Å². The van der Waals surface area contributed by atoms with Gasteiger partial charge in [-0.3, -0.25) is 0 Å². The number of ether oxygens (including phenoxy) is 4. The lowest BCUT2D eigenvalue weighted by Gasteiger charge is -2.08. The summed E-state index contributed by atoms with van der Waals surface area (Å²) in [6, 6.07) is 6.88. The van der Waals surface area contributed by atoms with Crippen molar-refractivity contribution in [2.45, 2.75) is 0 Å². The van der Waals surface area contributed by atoms with E-state index in [-0.39, 0.29) is 12.3 Å². The van der Waals surface area contributed by atoms with Crippen molar-refractivity contribution >= 4 is 12.0 Å². The smallest absolute Gasteiger partial charge is 0.340 e. The Hall–Kier alpha value is -2.58. The number of hydrogen-bond donors (Lipinski definition) is 1. The minimum atomic E-state index is -0.710. The maximum atomic E-state index is 11.4. The Labute approximate surface area is 145 Å². The largest absolute Gasteiger partial charge is 0.491 e. The average molecular weight is 351 g/mol. The van der Waals surface area contributed by atoms with Crippen molar-refractivity contribution in [3.05, 3.63) is 46.0 Å². The van der Waals surface area contributed by atoms with E-state index < -0.39 is 5.97 Å². The first-order valence-electron chi connectivity index (χ1n) is 7.55. The van der Waals surface area contributed by atoms with Gasteiger partial charge in [0.05, 0.1) is 40.1 Å². The van der Waals surface area contributed by atoms with E-state index >= 15 is 0 Å². The molecule has 0 unspecified atom stereocenters. The van der Waals surface area contributed by atoms with E-state index in [0.717, 1.165) is 0 Å². The van der Waals surface area contributed by atoms with Gasteiger partial charge in [-0.1, -0.05) is 17.2 Å². The number of aliphatic hydroxyl groups is 1. The summed E-state index contributed by atoms with van der Waals surface area (Å²) in [4.78, 5) is 14.0. The lowest BCUT2D eigenvalue weighted by molar-refractivity contribution is -0.136. The second-order valence-corrected chi connectivity index (χ2v) is 4.58. The molecule has 1 rings (SSSR count). The fourth-order valence-electron chi connectivity index (χ4n) is 1.70. The molecule has 0 aromatic heterocycles. The molecule has 0 atom stereocenters. The third-order valence-corrected chi connectivity index (χ3v) is 2.83. The highest BCUT2D eigenvalue weighted by Gasteiger charge is 2.07. The third-order valence-electron chi connectivity index (χ3n) is 2.83. The molecule has 0 saturated carbocycles. The standard InChI is InChI=1S/C16H21N3O6/c1-22-16(21)15(18-19-17)12-13-2-4-14(5-3-13)25-11-10-24-9-8-23-7-6-20/h2-5,12,20H,6-11H2,1H3. The van der Waals surface area contributed by atoms with E-state index in [1.165, 1.54) is 13.2 Å². The average Bonchev–Trinajstić information content (AvgIpc) is 2.64. The summed E-state index contributed by atoms with van der Waals surface area (Å²) in [5.41, 5.74) is 9.00. The Morgan fingerprint density at radius 2 is 1.80 bits per heavy atom. The molecular formula is C16H21N3O6. The van der Waals surface area contributed by atoms with Gasteiger partial charge in [0, 0.05) is 4.91 Å². The van der Waals surface area contributed by atoms with Gasteiger partial charge in [0.2, 0.25) is 0 Å². The van der Waals surface area contributed by atoms with Crippen LogP contribution in [-0.2, 0) is 19.0 Å². The van der Waals surface area contributed by atoms with Crippen LogP contribution in [0.15, 0.2) is 35.1 Å². The summed E-state index contributed by atoms with van der Waals surface area (Å²) in [5, 5.41) is 11.8. The molecule has 9 heteroatoms. The van der Waals surface area contributed by atoms with Crippen molar-refractivity contribution in [2.75, 3.05) is 46.8 Å². The van der Waals surface area contributed by atoms with Gasteiger partial charge in [0.1, 0.15) is 18.1 Å². The summed E-state index contributed by atoms with van der Waals surface area (Å²) in [7, 11) is 1.21. The van der Waals surface area contributed by atoms with E-state index in [9.17, 15) is 4.79 Å². The first-order chi connectivity index (χ1) is 12.2. The van der Waals surface area contributed by atoms with Crippen LogP contribution < -0.4 is 4.74 Å². The van der Waals surface area contributed by atoms with Crippen LogP contribution in [0, 0.1) is 0 Å². The molecular weight excluding hydrogens is 330 g/mol. The van der Waals surface area contributed by atoms with Crippen LogP contribution in [0.2, 0.25) is 0 Å². The fraction of sp³-hybridized carbons (Fsp3) is 0.438. The van der Waals surface area contributed by atoms with Gasteiger partial charge in [0.25, 0.3) is 0 Å². The molecule has 0 heterocycles. The number of benzene rings is 1. The number of carbonyl (C=O) groups excluding carboxylic acids is 1. The van der Waals surface area contributed by atoms with Crippen LogP contribution in [-0.4, -0.2) is 57.8 Å². The summed E-state index contributed by atoms with van der Waals surface area (Å²) < 4.78 is 20.4. The van der Waals surface area contributed by atoms with Crippen LogP contribution in [0.4, 0.5) is 0 Å². The normalized spacial score (nSPS) is 10.9. The molecule has 1 aromatic rings. The van der Waals surface area contributed by atoms with E-state index in [2.05, 4.69) is 14.8 Å². The molecule has 0 saturated heterocycles. The van der Waals surface area contributed by atoms with Crippen molar-refractivity contribution in [3.63, 3.8) is 0 Å². The molecule has 0 spiro atoms. The topological polar surface area (TPSA) is 123 Å². The highest BCUT2D eigenvalue weighted by molar-refractivity contribution is 5.93. The van der Waals surface area contributed by atoms with Crippen molar-refractivity contribution < 1.29 is 28.8 Å². The Balaban J connectivity index is 2.40. The maximum Gasteiger partial charge on any atom is 0.340 e. The second kappa shape index (κ2) is 12.8. The van der Waals surface area contributed by atoms with Gasteiger partial charge in [-0.25, -0.2) is 4.79 Å². The van der Waals surface area contributed by atoms with Gasteiger partial charge in [-0.2, -0.15) is 0 Å².